The minimum absolute atomic E-state index is 0.501. The fourth-order valence-corrected chi connectivity index (χ4v) is 2.08. The van der Waals surface area contributed by atoms with Gasteiger partial charge in [-0.05, 0) is 31.5 Å². The van der Waals surface area contributed by atoms with Gasteiger partial charge in [0.15, 0.2) is 0 Å². The van der Waals surface area contributed by atoms with E-state index >= 15 is 0 Å². The van der Waals surface area contributed by atoms with Crippen molar-refractivity contribution in [1.29, 1.82) is 0 Å². The van der Waals surface area contributed by atoms with Gasteiger partial charge in [-0.1, -0.05) is 17.3 Å². The van der Waals surface area contributed by atoms with Crippen LogP contribution in [0, 0.1) is 13.8 Å². The Bertz CT molecular complexity index is 765. The lowest BCUT2D eigenvalue weighted by Gasteiger charge is -2.08. The van der Waals surface area contributed by atoms with Crippen LogP contribution in [0.1, 0.15) is 18.4 Å². The first-order chi connectivity index (χ1) is 9.67. The van der Waals surface area contributed by atoms with E-state index in [9.17, 15) is 0 Å². The van der Waals surface area contributed by atoms with Crippen molar-refractivity contribution in [2.45, 2.75) is 20.8 Å². The molecule has 0 unspecified atom stereocenters. The van der Waals surface area contributed by atoms with Crippen molar-refractivity contribution in [3.05, 3.63) is 35.7 Å². The number of benzene rings is 1. The zero-order valence-electron chi connectivity index (χ0n) is 11.7. The summed E-state index contributed by atoms with van der Waals surface area (Å²) in [7, 11) is 0. The van der Waals surface area contributed by atoms with Gasteiger partial charge in [-0.25, -0.2) is 4.98 Å². The van der Waals surface area contributed by atoms with E-state index in [2.05, 4.69) is 21.2 Å². The Labute approximate surface area is 116 Å². The van der Waals surface area contributed by atoms with E-state index in [1.54, 1.807) is 6.92 Å². The Morgan fingerprint density at radius 1 is 1.15 bits per heavy atom. The van der Waals surface area contributed by atoms with Crippen LogP contribution >= 0.6 is 0 Å². The van der Waals surface area contributed by atoms with Gasteiger partial charge in [-0.15, -0.1) is 0 Å². The third-order valence-corrected chi connectivity index (χ3v) is 2.99. The lowest BCUT2D eigenvalue weighted by molar-refractivity contribution is 0.329. The Morgan fingerprint density at radius 2 is 2.00 bits per heavy atom. The highest BCUT2D eigenvalue weighted by Crippen LogP contribution is 2.30. The van der Waals surface area contributed by atoms with Crippen LogP contribution in [0.5, 0.6) is 5.88 Å². The van der Waals surface area contributed by atoms with Crippen molar-refractivity contribution in [2.75, 3.05) is 6.61 Å². The molecule has 5 nitrogen and oxygen atoms in total. The second kappa shape index (κ2) is 4.92. The molecule has 0 atom stereocenters. The van der Waals surface area contributed by atoms with Crippen LogP contribution in [0.15, 0.2) is 28.8 Å². The van der Waals surface area contributed by atoms with E-state index in [-0.39, 0.29) is 0 Å². The summed E-state index contributed by atoms with van der Waals surface area (Å²) in [6, 6.07) is 8.10. The molecule has 2 heterocycles. The number of ether oxygens (including phenoxy) is 1. The Kier molecular flexibility index (Phi) is 3.10. The molecule has 2 aromatic heterocycles. The molecule has 0 spiro atoms. The molecule has 0 N–H and O–H groups in total. The quantitative estimate of drug-likeness (QED) is 0.730. The SMILES string of the molecule is CCOc1nc2cc(C)ccc2cc1-c1noc(C)n1. The van der Waals surface area contributed by atoms with Crippen LogP contribution in [0.2, 0.25) is 0 Å². The molecule has 3 rings (SSSR count). The minimum atomic E-state index is 0.501. The molecule has 0 saturated carbocycles. The van der Waals surface area contributed by atoms with Crippen molar-refractivity contribution in [2.24, 2.45) is 0 Å². The van der Waals surface area contributed by atoms with E-state index in [1.807, 2.05) is 32.0 Å². The number of aromatic nitrogens is 3. The second-order valence-electron chi connectivity index (χ2n) is 4.61. The maximum absolute atomic E-state index is 5.62. The summed E-state index contributed by atoms with van der Waals surface area (Å²) in [5, 5.41) is 4.97. The van der Waals surface area contributed by atoms with E-state index in [0.29, 0.717) is 24.2 Å². The Hall–Kier alpha value is -2.43. The predicted octanol–water partition coefficient (Wildman–Crippen LogP) is 3.30. The van der Waals surface area contributed by atoms with Crippen molar-refractivity contribution in [3.8, 4) is 17.3 Å². The van der Waals surface area contributed by atoms with Crippen molar-refractivity contribution in [1.82, 2.24) is 15.1 Å². The monoisotopic (exact) mass is 269 g/mol. The van der Waals surface area contributed by atoms with Gasteiger partial charge in [0, 0.05) is 12.3 Å². The number of rotatable bonds is 3. The number of pyridine rings is 1. The zero-order chi connectivity index (χ0) is 14.1. The lowest BCUT2D eigenvalue weighted by atomic mass is 10.1. The lowest BCUT2D eigenvalue weighted by Crippen LogP contribution is -1.98. The molecule has 20 heavy (non-hydrogen) atoms. The molecular formula is C15H15N3O2. The van der Waals surface area contributed by atoms with Gasteiger partial charge in [0.2, 0.25) is 17.6 Å². The fraction of sp³-hybridized carbons (Fsp3) is 0.267. The first-order valence-electron chi connectivity index (χ1n) is 6.52. The smallest absolute Gasteiger partial charge is 0.225 e. The fourth-order valence-electron chi connectivity index (χ4n) is 2.08. The van der Waals surface area contributed by atoms with Crippen LogP contribution in [0.25, 0.3) is 22.3 Å². The van der Waals surface area contributed by atoms with Crippen molar-refractivity contribution >= 4 is 10.9 Å². The van der Waals surface area contributed by atoms with Crippen LogP contribution in [-0.4, -0.2) is 21.7 Å². The number of aryl methyl sites for hydroxylation is 2. The molecule has 0 aliphatic rings. The molecule has 0 aliphatic heterocycles. The first-order valence-corrected chi connectivity index (χ1v) is 6.52. The van der Waals surface area contributed by atoms with E-state index < -0.39 is 0 Å². The number of nitrogens with zero attached hydrogens (tertiary/aromatic N) is 3. The molecule has 0 bridgehead atoms. The highest BCUT2D eigenvalue weighted by molar-refractivity contribution is 5.85. The maximum atomic E-state index is 5.62. The summed E-state index contributed by atoms with van der Waals surface area (Å²) >= 11 is 0. The van der Waals surface area contributed by atoms with Gasteiger partial charge in [-0.2, -0.15) is 4.98 Å². The van der Waals surface area contributed by atoms with Crippen molar-refractivity contribution < 1.29 is 9.26 Å². The first kappa shape index (κ1) is 12.6. The Balaban J connectivity index is 2.23. The standard InChI is InChI=1S/C15H15N3O2/c1-4-19-15-12(14-16-10(3)20-18-14)8-11-6-5-9(2)7-13(11)17-15/h5-8H,4H2,1-3H3. The third kappa shape index (κ3) is 2.22. The van der Waals surface area contributed by atoms with E-state index in [1.165, 1.54) is 0 Å². The van der Waals surface area contributed by atoms with Gasteiger partial charge < -0.3 is 9.26 Å². The molecule has 0 radical (unpaired) electrons. The topological polar surface area (TPSA) is 61.0 Å². The van der Waals surface area contributed by atoms with E-state index in [4.69, 9.17) is 9.26 Å². The van der Waals surface area contributed by atoms with Gasteiger partial charge in [0.25, 0.3) is 0 Å². The molecule has 0 aliphatic carbocycles. The van der Waals surface area contributed by atoms with Gasteiger partial charge >= 0.3 is 0 Å². The molecule has 1 aromatic carbocycles. The molecule has 0 fully saturated rings. The normalized spacial score (nSPS) is 10.9. The summed E-state index contributed by atoms with van der Waals surface area (Å²) in [6.07, 6.45) is 0. The highest BCUT2D eigenvalue weighted by atomic mass is 16.5. The van der Waals surface area contributed by atoms with Gasteiger partial charge in [0.1, 0.15) is 0 Å². The largest absolute Gasteiger partial charge is 0.477 e. The number of hydrogen-bond donors (Lipinski definition) is 0. The summed E-state index contributed by atoms with van der Waals surface area (Å²) in [4.78, 5) is 8.82. The van der Waals surface area contributed by atoms with Crippen LogP contribution < -0.4 is 4.74 Å². The van der Waals surface area contributed by atoms with Crippen LogP contribution in [0.3, 0.4) is 0 Å². The average Bonchev–Trinajstić information content (AvgIpc) is 2.85. The summed E-state index contributed by atoms with van der Waals surface area (Å²) in [5.74, 6) is 1.55. The molecule has 5 heteroatoms. The molecule has 0 saturated heterocycles. The molecule has 0 amide bonds. The van der Waals surface area contributed by atoms with Crippen molar-refractivity contribution in [3.63, 3.8) is 0 Å². The second-order valence-corrected chi connectivity index (χ2v) is 4.61. The maximum Gasteiger partial charge on any atom is 0.225 e. The van der Waals surface area contributed by atoms with Crippen LogP contribution in [0.4, 0.5) is 0 Å². The third-order valence-electron chi connectivity index (χ3n) is 2.99. The minimum Gasteiger partial charge on any atom is -0.477 e. The average molecular weight is 269 g/mol. The number of hydrogen-bond acceptors (Lipinski definition) is 5. The van der Waals surface area contributed by atoms with Gasteiger partial charge in [-0.3, -0.25) is 0 Å². The molecule has 102 valence electrons. The summed E-state index contributed by atoms with van der Waals surface area (Å²) < 4.78 is 10.7. The summed E-state index contributed by atoms with van der Waals surface area (Å²) in [5.41, 5.74) is 2.81. The van der Waals surface area contributed by atoms with Crippen LogP contribution in [-0.2, 0) is 0 Å². The predicted molar refractivity (Wildman–Crippen MR) is 75.7 cm³/mol. The highest BCUT2D eigenvalue weighted by Gasteiger charge is 2.15. The number of fused-ring (bicyclic) bond motifs is 1. The zero-order valence-corrected chi connectivity index (χ0v) is 11.7. The van der Waals surface area contributed by atoms with Gasteiger partial charge in [0.05, 0.1) is 17.7 Å². The Morgan fingerprint density at radius 3 is 2.70 bits per heavy atom. The molecule has 3 aromatic rings. The molecular weight excluding hydrogens is 254 g/mol. The van der Waals surface area contributed by atoms with E-state index in [0.717, 1.165) is 22.0 Å². The summed E-state index contributed by atoms with van der Waals surface area (Å²) in [6.45, 7) is 6.26.